The fraction of sp³-hybridized carbons (Fsp3) is 0.320. The first kappa shape index (κ1) is 20.2. The van der Waals surface area contributed by atoms with Crippen LogP contribution in [-0.2, 0) is 9.59 Å². The van der Waals surface area contributed by atoms with Crippen molar-refractivity contribution in [1.82, 2.24) is 0 Å². The van der Waals surface area contributed by atoms with E-state index < -0.39 is 0 Å². The molecule has 4 aliphatic carbocycles. The number of hydrogen-bond donors (Lipinski definition) is 1. The van der Waals surface area contributed by atoms with E-state index in [2.05, 4.69) is 33.4 Å². The van der Waals surface area contributed by atoms with E-state index >= 15 is 0 Å². The highest BCUT2D eigenvalue weighted by atomic mass is 79.9. The van der Waals surface area contributed by atoms with Gasteiger partial charge in [-0.05, 0) is 88.8 Å². The van der Waals surface area contributed by atoms with Gasteiger partial charge in [-0.1, -0.05) is 29.8 Å². The summed E-state index contributed by atoms with van der Waals surface area (Å²) in [6.07, 6.45) is 5.44. The van der Waals surface area contributed by atoms with Crippen molar-refractivity contribution in [1.29, 1.82) is 0 Å². The number of hydrogen-bond acceptors (Lipinski definition) is 3. The Morgan fingerprint density at radius 1 is 1.06 bits per heavy atom. The van der Waals surface area contributed by atoms with Crippen molar-refractivity contribution in [2.24, 2.45) is 35.5 Å². The van der Waals surface area contributed by atoms with Crippen molar-refractivity contribution in [3.8, 4) is 0 Å². The van der Waals surface area contributed by atoms with E-state index in [0.717, 1.165) is 16.5 Å². The largest absolute Gasteiger partial charge is 0.322 e. The number of benzene rings is 2. The minimum Gasteiger partial charge on any atom is -0.322 e. The molecule has 7 heteroatoms. The molecule has 0 spiro atoms. The van der Waals surface area contributed by atoms with E-state index in [1.165, 1.54) is 4.90 Å². The zero-order chi connectivity index (χ0) is 22.3. The van der Waals surface area contributed by atoms with Gasteiger partial charge in [0, 0.05) is 15.7 Å². The SMILES string of the molecule is Cc1cc(Br)c(Cl)cc1NC(=O)c1cccc(N2C(=O)[C@H]3[C@@H]4C=C[C@H]([C@H]5C[C@H]45)[C@@H]3C2=O)c1. The van der Waals surface area contributed by atoms with Crippen LogP contribution in [0.15, 0.2) is 53.0 Å². The summed E-state index contributed by atoms with van der Waals surface area (Å²) in [5.74, 6) is 0.365. The maximum atomic E-state index is 13.3. The topological polar surface area (TPSA) is 66.5 Å². The Morgan fingerprint density at radius 2 is 1.72 bits per heavy atom. The lowest BCUT2D eigenvalue weighted by Crippen LogP contribution is -2.40. The van der Waals surface area contributed by atoms with Gasteiger partial charge in [-0.15, -0.1) is 0 Å². The summed E-state index contributed by atoms with van der Waals surface area (Å²) >= 11 is 9.55. The summed E-state index contributed by atoms with van der Waals surface area (Å²) < 4.78 is 0.755. The zero-order valence-electron chi connectivity index (χ0n) is 17.2. The number of rotatable bonds is 3. The summed E-state index contributed by atoms with van der Waals surface area (Å²) in [6, 6.07) is 10.3. The molecule has 2 saturated carbocycles. The third kappa shape index (κ3) is 2.85. The monoisotopic (exact) mass is 510 g/mol. The first-order valence-corrected chi connectivity index (χ1v) is 12.0. The Balaban J connectivity index is 1.28. The predicted molar refractivity (Wildman–Crippen MR) is 125 cm³/mol. The van der Waals surface area contributed by atoms with Crippen molar-refractivity contribution in [2.45, 2.75) is 13.3 Å². The van der Waals surface area contributed by atoms with Crippen molar-refractivity contribution in [2.75, 3.05) is 10.2 Å². The number of nitrogens with one attached hydrogen (secondary N) is 1. The predicted octanol–water partition coefficient (Wildman–Crippen LogP) is 5.22. The van der Waals surface area contributed by atoms with E-state index in [1.807, 2.05) is 13.0 Å². The minimum atomic E-state index is -0.326. The van der Waals surface area contributed by atoms with Gasteiger partial charge >= 0.3 is 0 Å². The number of allylic oxidation sites excluding steroid dienone is 2. The minimum absolute atomic E-state index is 0.127. The lowest BCUT2D eigenvalue weighted by molar-refractivity contribution is -0.124. The molecule has 5 nitrogen and oxygen atoms in total. The van der Waals surface area contributed by atoms with E-state index in [1.54, 1.807) is 30.3 Å². The number of aryl methyl sites for hydroxylation is 1. The number of carbonyl (C=O) groups is 3. The standard InChI is InChI=1S/C25H20BrClN2O3/c1-11-7-18(26)19(27)10-20(11)28-23(30)12-3-2-4-13(8-12)29-24(31)21-14-5-6-15(17-9-16(14)17)22(21)25(29)32/h2-8,10,14-17,21-22H,9H2,1H3,(H,28,30)/t14-,15-,16-,17-,21+,22+/m1/s1. The number of nitrogens with zero attached hydrogens (tertiary/aromatic N) is 1. The van der Waals surface area contributed by atoms with Crippen LogP contribution in [0.25, 0.3) is 0 Å². The van der Waals surface area contributed by atoms with Crippen LogP contribution < -0.4 is 10.2 Å². The molecule has 0 radical (unpaired) electrons. The first-order chi connectivity index (χ1) is 15.3. The molecule has 5 aliphatic rings. The first-order valence-electron chi connectivity index (χ1n) is 10.8. The van der Waals surface area contributed by atoms with Crippen LogP contribution in [0.2, 0.25) is 5.02 Å². The Bertz CT molecular complexity index is 1210. The van der Waals surface area contributed by atoms with E-state index in [0.29, 0.717) is 33.8 Å². The molecule has 32 heavy (non-hydrogen) atoms. The fourth-order valence-electron chi connectivity index (χ4n) is 5.97. The van der Waals surface area contributed by atoms with Crippen LogP contribution in [0.1, 0.15) is 22.3 Å². The highest BCUT2D eigenvalue weighted by Gasteiger charge is 2.67. The van der Waals surface area contributed by atoms with Crippen LogP contribution in [0.3, 0.4) is 0 Å². The Morgan fingerprint density at radius 3 is 2.38 bits per heavy atom. The molecule has 3 fully saturated rings. The molecule has 0 unspecified atom stereocenters. The number of halogens is 2. The smallest absolute Gasteiger partial charge is 0.255 e. The second kappa shape index (κ2) is 7.03. The second-order valence-corrected chi connectivity index (χ2v) is 10.5. The molecule has 3 amide bonds. The second-order valence-electron chi connectivity index (χ2n) is 9.25. The van der Waals surface area contributed by atoms with Gasteiger partial charge < -0.3 is 5.32 Å². The van der Waals surface area contributed by atoms with Gasteiger partial charge in [0.1, 0.15) is 0 Å². The summed E-state index contributed by atoms with van der Waals surface area (Å²) in [5, 5.41) is 3.37. The third-order valence-electron chi connectivity index (χ3n) is 7.54. The summed E-state index contributed by atoms with van der Waals surface area (Å²) in [6.45, 7) is 1.88. The van der Waals surface area contributed by atoms with Crippen molar-refractivity contribution in [3.05, 3.63) is 69.2 Å². The molecule has 2 aromatic rings. The van der Waals surface area contributed by atoms with Crippen LogP contribution in [-0.4, -0.2) is 17.7 Å². The highest BCUT2D eigenvalue weighted by Crippen LogP contribution is 2.65. The normalized spacial score (nSPS) is 31.5. The molecule has 1 saturated heterocycles. The molecule has 1 N–H and O–H groups in total. The van der Waals surface area contributed by atoms with Gasteiger partial charge in [-0.25, -0.2) is 4.90 Å². The molecular formula is C25H20BrClN2O3. The Hall–Kier alpha value is -2.44. The molecule has 1 aliphatic heterocycles. The van der Waals surface area contributed by atoms with Gasteiger partial charge in [0.25, 0.3) is 5.91 Å². The molecule has 2 aromatic carbocycles. The number of amides is 3. The molecule has 2 bridgehead atoms. The number of carbonyl (C=O) groups excluding carboxylic acids is 3. The third-order valence-corrected chi connectivity index (χ3v) is 8.74. The van der Waals surface area contributed by atoms with Crippen LogP contribution in [0.5, 0.6) is 0 Å². The van der Waals surface area contributed by atoms with Crippen molar-refractivity contribution < 1.29 is 14.4 Å². The van der Waals surface area contributed by atoms with E-state index in [-0.39, 0.29) is 41.4 Å². The van der Waals surface area contributed by atoms with Crippen LogP contribution >= 0.6 is 27.5 Å². The average molecular weight is 512 g/mol. The van der Waals surface area contributed by atoms with Gasteiger partial charge in [0.15, 0.2) is 0 Å². The van der Waals surface area contributed by atoms with Crippen LogP contribution in [0.4, 0.5) is 11.4 Å². The lowest BCUT2D eigenvalue weighted by atomic mass is 9.63. The molecule has 7 rings (SSSR count). The molecule has 0 aromatic heterocycles. The van der Waals surface area contributed by atoms with Gasteiger partial charge in [0.2, 0.25) is 11.8 Å². The Labute approximate surface area is 198 Å². The van der Waals surface area contributed by atoms with Gasteiger partial charge in [-0.3, -0.25) is 14.4 Å². The zero-order valence-corrected chi connectivity index (χ0v) is 19.6. The number of imide groups is 1. The fourth-order valence-corrected chi connectivity index (χ4v) is 6.59. The molecular weight excluding hydrogens is 492 g/mol. The van der Waals surface area contributed by atoms with Crippen molar-refractivity contribution in [3.63, 3.8) is 0 Å². The molecule has 1 heterocycles. The Kier molecular flexibility index (Phi) is 4.43. The van der Waals surface area contributed by atoms with E-state index in [9.17, 15) is 14.4 Å². The summed E-state index contributed by atoms with van der Waals surface area (Å²) in [4.78, 5) is 40.9. The summed E-state index contributed by atoms with van der Waals surface area (Å²) in [7, 11) is 0. The quantitative estimate of drug-likeness (QED) is 0.454. The number of anilines is 2. The lowest BCUT2D eigenvalue weighted by Gasteiger charge is -2.37. The van der Waals surface area contributed by atoms with Gasteiger partial charge in [0.05, 0.1) is 22.5 Å². The van der Waals surface area contributed by atoms with Crippen molar-refractivity contribution >= 4 is 56.6 Å². The van der Waals surface area contributed by atoms with E-state index in [4.69, 9.17) is 11.6 Å². The highest BCUT2D eigenvalue weighted by molar-refractivity contribution is 9.10. The van der Waals surface area contributed by atoms with Crippen LogP contribution in [0, 0.1) is 42.4 Å². The summed E-state index contributed by atoms with van der Waals surface area (Å²) in [5.41, 5.74) is 2.30. The maximum absolute atomic E-state index is 13.3. The maximum Gasteiger partial charge on any atom is 0.255 e. The molecule has 162 valence electrons. The average Bonchev–Trinajstić information content (AvgIpc) is 3.55. The molecule has 6 atom stereocenters. The van der Waals surface area contributed by atoms with Gasteiger partial charge in [-0.2, -0.15) is 0 Å².